The van der Waals surface area contributed by atoms with E-state index in [1.54, 1.807) is 13.0 Å². The number of amides is 1. The first-order valence-electron chi connectivity index (χ1n) is 4.14. The van der Waals surface area contributed by atoms with Crippen LogP contribution >= 0.6 is 0 Å². The van der Waals surface area contributed by atoms with Crippen LogP contribution in [-0.4, -0.2) is 26.4 Å². The second-order valence-corrected chi connectivity index (χ2v) is 2.78. The molecule has 0 fully saturated rings. The second-order valence-electron chi connectivity index (χ2n) is 2.78. The van der Waals surface area contributed by atoms with Crippen LogP contribution in [0.5, 0.6) is 0 Å². The van der Waals surface area contributed by atoms with Crippen LogP contribution in [0.3, 0.4) is 0 Å². The summed E-state index contributed by atoms with van der Waals surface area (Å²) in [5.74, 6) is -0.387. The van der Waals surface area contributed by atoms with Crippen molar-refractivity contribution in [2.24, 2.45) is 0 Å². The van der Waals surface area contributed by atoms with Crippen molar-refractivity contribution in [1.82, 2.24) is 20.5 Å². The average molecular weight is 205 g/mol. The SMILES string of the molecule is Cc1nonc1C(=O)Nc1ccnnc1. The molecule has 0 aliphatic carbocycles. The summed E-state index contributed by atoms with van der Waals surface area (Å²) in [6.07, 6.45) is 2.91. The molecule has 0 aliphatic rings. The topological polar surface area (TPSA) is 93.8 Å². The highest BCUT2D eigenvalue weighted by molar-refractivity contribution is 6.03. The molecule has 0 aromatic carbocycles. The molecule has 76 valence electrons. The number of hydrogen-bond donors (Lipinski definition) is 1. The van der Waals surface area contributed by atoms with Crippen molar-refractivity contribution in [3.63, 3.8) is 0 Å². The zero-order valence-corrected chi connectivity index (χ0v) is 7.84. The largest absolute Gasteiger partial charge is 0.319 e. The predicted octanol–water partition coefficient (Wildman–Crippen LogP) is 0.420. The fraction of sp³-hybridized carbons (Fsp3) is 0.125. The van der Waals surface area contributed by atoms with Crippen molar-refractivity contribution in [2.45, 2.75) is 6.92 Å². The summed E-state index contributed by atoms with van der Waals surface area (Å²) in [4.78, 5) is 11.6. The number of aryl methyl sites for hydroxylation is 1. The molecule has 7 nitrogen and oxygen atoms in total. The Kier molecular flexibility index (Phi) is 2.36. The second kappa shape index (κ2) is 3.82. The third-order valence-electron chi connectivity index (χ3n) is 1.71. The monoisotopic (exact) mass is 205 g/mol. The Labute approximate surface area is 84.5 Å². The number of carbonyl (C=O) groups excluding carboxylic acids is 1. The van der Waals surface area contributed by atoms with Crippen LogP contribution in [-0.2, 0) is 0 Å². The van der Waals surface area contributed by atoms with Crippen LogP contribution in [0.15, 0.2) is 23.1 Å². The van der Waals surface area contributed by atoms with Crippen molar-refractivity contribution in [3.05, 3.63) is 29.8 Å². The van der Waals surface area contributed by atoms with Gasteiger partial charge in [-0.3, -0.25) is 4.79 Å². The van der Waals surface area contributed by atoms with Gasteiger partial charge in [-0.05, 0) is 18.1 Å². The zero-order valence-electron chi connectivity index (χ0n) is 7.84. The number of anilines is 1. The molecule has 2 aromatic heterocycles. The molecule has 0 unspecified atom stereocenters. The number of nitrogens with zero attached hydrogens (tertiary/aromatic N) is 4. The van der Waals surface area contributed by atoms with Gasteiger partial charge in [-0.15, -0.1) is 0 Å². The Morgan fingerprint density at radius 3 is 2.87 bits per heavy atom. The minimum absolute atomic E-state index is 0.159. The Balaban J connectivity index is 2.15. The van der Waals surface area contributed by atoms with Crippen molar-refractivity contribution in [3.8, 4) is 0 Å². The summed E-state index contributed by atoms with van der Waals surface area (Å²) in [5.41, 5.74) is 1.14. The third kappa shape index (κ3) is 1.96. The molecule has 0 saturated carbocycles. The number of aromatic nitrogens is 4. The number of carbonyl (C=O) groups is 1. The van der Waals surface area contributed by atoms with Crippen LogP contribution in [0, 0.1) is 6.92 Å². The van der Waals surface area contributed by atoms with E-state index >= 15 is 0 Å². The summed E-state index contributed by atoms with van der Waals surface area (Å²) < 4.78 is 4.42. The van der Waals surface area contributed by atoms with E-state index in [1.165, 1.54) is 12.4 Å². The molecule has 0 saturated heterocycles. The first-order valence-corrected chi connectivity index (χ1v) is 4.14. The van der Waals surface area contributed by atoms with E-state index in [9.17, 15) is 4.79 Å². The van der Waals surface area contributed by atoms with Gasteiger partial charge in [-0.1, -0.05) is 5.16 Å². The molecule has 15 heavy (non-hydrogen) atoms. The van der Waals surface area contributed by atoms with Crippen LogP contribution in [0.25, 0.3) is 0 Å². The quantitative estimate of drug-likeness (QED) is 0.763. The maximum atomic E-state index is 11.6. The highest BCUT2D eigenvalue weighted by Gasteiger charge is 2.14. The van der Waals surface area contributed by atoms with E-state index < -0.39 is 0 Å². The number of nitrogens with one attached hydrogen (secondary N) is 1. The van der Waals surface area contributed by atoms with E-state index in [1.807, 2.05) is 0 Å². The maximum absolute atomic E-state index is 11.6. The van der Waals surface area contributed by atoms with E-state index in [0.717, 1.165) is 0 Å². The summed E-state index contributed by atoms with van der Waals surface area (Å²) in [6.45, 7) is 1.64. The fourth-order valence-corrected chi connectivity index (χ4v) is 0.992. The van der Waals surface area contributed by atoms with Crippen molar-refractivity contribution in [2.75, 3.05) is 5.32 Å². The number of rotatable bonds is 2. The van der Waals surface area contributed by atoms with Gasteiger partial charge in [0.05, 0.1) is 18.1 Å². The molecule has 1 amide bonds. The van der Waals surface area contributed by atoms with Gasteiger partial charge in [0.2, 0.25) is 0 Å². The number of hydrogen-bond acceptors (Lipinski definition) is 6. The van der Waals surface area contributed by atoms with E-state index in [0.29, 0.717) is 11.4 Å². The standard InChI is InChI=1S/C8H7N5O2/c1-5-7(13-15-12-5)8(14)11-6-2-3-9-10-4-6/h2-4H,1H3,(H,9,11,14). The van der Waals surface area contributed by atoms with Crippen molar-refractivity contribution >= 4 is 11.6 Å². The Morgan fingerprint density at radius 2 is 2.27 bits per heavy atom. The van der Waals surface area contributed by atoms with Gasteiger partial charge in [0, 0.05) is 0 Å². The molecule has 0 spiro atoms. The third-order valence-corrected chi connectivity index (χ3v) is 1.71. The molecule has 0 radical (unpaired) electrons. The van der Waals surface area contributed by atoms with Gasteiger partial charge in [0.15, 0.2) is 5.69 Å². The molecule has 0 bridgehead atoms. The lowest BCUT2D eigenvalue weighted by Crippen LogP contribution is -2.13. The van der Waals surface area contributed by atoms with Crippen molar-refractivity contribution in [1.29, 1.82) is 0 Å². The van der Waals surface area contributed by atoms with Gasteiger partial charge < -0.3 is 5.32 Å². The minimum atomic E-state index is -0.387. The highest BCUT2D eigenvalue weighted by atomic mass is 16.6. The van der Waals surface area contributed by atoms with Gasteiger partial charge in [-0.25, -0.2) is 4.63 Å². The van der Waals surface area contributed by atoms with E-state index in [2.05, 4.69) is 30.5 Å². The predicted molar refractivity (Wildman–Crippen MR) is 49.0 cm³/mol. The lowest BCUT2D eigenvalue weighted by atomic mass is 10.3. The van der Waals surface area contributed by atoms with Gasteiger partial charge in [-0.2, -0.15) is 10.2 Å². The summed E-state index contributed by atoms with van der Waals surface area (Å²) in [5, 5.41) is 16.8. The Morgan fingerprint density at radius 1 is 1.40 bits per heavy atom. The molecule has 2 aromatic rings. The van der Waals surface area contributed by atoms with Crippen molar-refractivity contribution < 1.29 is 9.42 Å². The molecule has 0 atom stereocenters. The van der Waals surface area contributed by atoms with E-state index in [-0.39, 0.29) is 11.6 Å². The molecular formula is C8H7N5O2. The average Bonchev–Trinajstić information content (AvgIpc) is 2.66. The first kappa shape index (κ1) is 9.25. The molecule has 7 heteroatoms. The van der Waals surface area contributed by atoms with Gasteiger partial charge in [0.25, 0.3) is 5.91 Å². The Hall–Kier alpha value is -2.31. The lowest BCUT2D eigenvalue weighted by molar-refractivity contribution is 0.101. The molecule has 2 rings (SSSR count). The van der Waals surface area contributed by atoms with E-state index in [4.69, 9.17) is 0 Å². The van der Waals surface area contributed by atoms with Crippen LogP contribution < -0.4 is 5.32 Å². The summed E-state index contributed by atoms with van der Waals surface area (Å²) in [6, 6.07) is 1.62. The highest BCUT2D eigenvalue weighted by Crippen LogP contribution is 2.06. The maximum Gasteiger partial charge on any atom is 0.279 e. The van der Waals surface area contributed by atoms with Gasteiger partial charge in [0.1, 0.15) is 5.69 Å². The fourth-order valence-electron chi connectivity index (χ4n) is 0.992. The smallest absolute Gasteiger partial charge is 0.279 e. The lowest BCUT2D eigenvalue weighted by Gasteiger charge is -2.00. The van der Waals surface area contributed by atoms with Crippen LogP contribution in [0.4, 0.5) is 5.69 Å². The van der Waals surface area contributed by atoms with Gasteiger partial charge >= 0.3 is 0 Å². The van der Waals surface area contributed by atoms with Crippen LogP contribution in [0.2, 0.25) is 0 Å². The molecule has 1 N–H and O–H groups in total. The zero-order chi connectivity index (χ0) is 10.7. The molecule has 0 aliphatic heterocycles. The molecule has 2 heterocycles. The molecular weight excluding hydrogens is 198 g/mol. The normalized spacial score (nSPS) is 9.93. The first-order chi connectivity index (χ1) is 7.27. The summed E-state index contributed by atoms with van der Waals surface area (Å²) in [7, 11) is 0. The Bertz CT molecular complexity index is 467. The minimum Gasteiger partial charge on any atom is -0.319 e. The summed E-state index contributed by atoms with van der Waals surface area (Å²) >= 11 is 0. The van der Waals surface area contributed by atoms with Crippen LogP contribution in [0.1, 0.15) is 16.2 Å².